The van der Waals surface area contributed by atoms with Gasteiger partial charge in [0, 0.05) is 23.7 Å². The molecule has 204 valence electrons. The lowest BCUT2D eigenvalue weighted by atomic mass is 9.46. The van der Waals surface area contributed by atoms with E-state index >= 15 is 0 Å². The molecule has 0 bridgehead atoms. The zero-order valence-corrected chi connectivity index (χ0v) is 23.4. The molecule has 3 fully saturated rings. The summed E-state index contributed by atoms with van der Waals surface area (Å²) >= 11 is 14.9. The van der Waals surface area contributed by atoms with Crippen LogP contribution in [0.4, 0.5) is 0 Å². The molecule has 0 amide bonds. The van der Waals surface area contributed by atoms with Crippen molar-refractivity contribution in [1.82, 2.24) is 0 Å². The number of hydrogen-bond donors (Lipinski definition) is 0. The number of fused-ring (bicyclic) bond motifs is 5. The molecule has 5 rings (SSSR count). The zero-order chi connectivity index (χ0) is 27.7. The van der Waals surface area contributed by atoms with Gasteiger partial charge in [0.05, 0.1) is 22.1 Å². The standard InChI is InChI=1S/C29H32Cl2O7/c1-16-11-22-21-6-5-19-12-20(33)7-9-26(19,3)28(21,31)23(30)13-27(22,4)29(16,24(34)15-37-17(2)32)38-25(35)18-8-10-36-14-18/h7-10,12,14,16,21-23H,5-6,11,13,15H2,1-4H3/t16?,21?,22?,23?,26?,27?,28-,29-/m0/s1. The van der Waals surface area contributed by atoms with Crippen molar-refractivity contribution in [2.45, 2.75) is 69.2 Å². The fourth-order valence-electron chi connectivity index (χ4n) is 8.19. The molecule has 0 saturated heterocycles. The van der Waals surface area contributed by atoms with Crippen molar-refractivity contribution in [2.24, 2.45) is 28.6 Å². The van der Waals surface area contributed by atoms with Crippen LogP contribution in [0.5, 0.6) is 0 Å². The third kappa shape index (κ3) is 3.53. The number of hydrogen-bond acceptors (Lipinski definition) is 7. The molecule has 6 unspecified atom stereocenters. The van der Waals surface area contributed by atoms with Gasteiger partial charge < -0.3 is 13.9 Å². The van der Waals surface area contributed by atoms with E-state index in [1.807, 2.05) is 26.8 Å². The number of Topliss-reactive ketones (excluding diaryl/α,β-unsaturated/α-hetero) is 1. The van der Waals surface area contributed by atoms with E-state index < -0.39 is 56.9 Å². The second kappa shape index (κ2) is 9.09. The van der Waals surface area contributed by atoms with E-state index in [4.69, 9.17) is 37.1 Å². The van der Waals surface area contributed by atoms with Gasteiger partial charge in [0.25, 0.3) is 0 Å². The normalized spacial score (nSPS) is 41.4. The molecule has 4 aliphatic rings. The maximum absolute atomic E-state index is 14.0. The molecular formula is C29H32Cl2O7. The van der Waals surface area contributed by atoms with Crippen molar-refractivity contribution in [3.63, 3.8) is 0 Å². The highest BCUT2D eigenvalue weighted by atomic mass is 35.5. The highest BCUT2D eigenvalue weighted by Crippen LogP contribution is 2.73. The van der Waals surface area contributed by atoms with Crippen LogP contribution in [0.1, 0.15) is 63.7 Å². The molecule has 0 aromatic carbocycles. The molecule has 1 heterocycles. The lowest BCUT2D eigenvalue weighted by molar-refractivity contribution is -0.173. The SMILES string of the molecule is CC(=O)OCC(=O)[C@@]1(OC(=O)c2ccoc2)C(C)CC2C3CCC4=CC(=O)C=CC4(C)[C@@]3(Cl)C(Cl)CC21C. The van der Waals surface area contributed by atoms with Crippen LogP contribution >= 0.6 is 23.2 Å². The van der Waals surface area contributed by atoms with Gasteiger partial charge in [-0.3, -0.25) is 14.4 Å². The van der Waals surface area contributed by atoms with Crippen LogP contribution in [0, 0.1) is 28.6 Å². The lowest BCUT2D eigenvalue weighted by Gasteiger charge is -2.64. The number of carbonyl (C=O) groups is 4. The number of furan rings is 1. The number of ether oxygens (including phenoxy) is 2. The average Bonchev–Trinajstić information content (AvgIpc) is 3.46. The van der Waals surface area contributed by atoms with Crippen molar-refractivity contribution < 1.29 is 33.1 Å². The Hall–Kier alpha value is -2.38. The number of carbonyl (C=O) groups excluding carboxylic acids is 4. The maximum atomic E-state index is 14.0. The quantitative estimate of drug-likeness (QED) is 0.348. The summed E-state index contributed by atoms with van der Waals surface area (Å²) in [7, 11) is 0. The molecule has 0 aliphatic heterocycles. The van der Waals surface area contributed by atoms with Gasteiger partial charge in [-0.25, -0.2) is 4.79 Å². The van der Waals surface area contributed by atoms with Crippen molar-refractivity contribution in [3.8, 4) is 0 Å². The highest BCUT2D eigenvalue weighted by Gasteiger charge is 2.76. The Kier molecular flexibility index (Phi) is 6.50. The van der Waals surface area contributed by atoms with Crippen LogP contribution in [-0.4, -0.2) is 46.0 Å². The zero-order valence-electron chi connectivity index (χ0n) is 21.9. The molecule has 0 N–H and O–H groups in total. The van der Waals surface area contributed by atoms with Gasteiger partial charge in [0.15, 0.2) is 18.0 Å². The van der Waals surface area contributed by atoms with Crippen molar-refractivity contribution in [3.05, 3.63) is 48.0 Å². The van der Waals surface area contributed by atoms with Crippen molar-refractivity contribution in [1.29, 1.82) is 0 Å². The summed E-state index contributed by atoms with van der Waals surface area (Å²) in [6, 6.07) is 1.48. The molecule has 38 heavy (non-hydrogen) atoms. The molecule has 3 saturated carbocycles. The predicted molar refractivity (Wildman–Crippen MR) is 140 cm³/mol. The van der Waals surface area contributed by atoms with Gasteiger partial charge in [-0.15, -0.1) is 23.2 Å². The van der Waals surface area contributed by atoms with Gasteiger partial charge in [0.1, 0.15) is 6.26 Å². The van der Waals surface area contributed by atoms with Gasteiger partial charge in [-0.2, -0.15) is 0 Å². The first-order valence-corrected chi connectivity index (χ1v) is 13.8. The van der Waals surface area contributed by atoms with Crippen LogP contribution in [0.15, 0.2) is 46.8 Å². The van der Waals surface area contributed by atoms with E-state index in [1.165, 1.54) is 25.5 Å². The average molecular weight is 563 g/mol. The highest BCUT2D eigenvalue weighted by molar-refractivity contribution is 6.34. The summed E-state index contributed by atoms with van der Waals surface area (Å²) < 4.78 is 16.4. The van der Waals surface area contributed by atoms with Crippen LogP contribution < -0.4 is 0 Å². The van der Waals surface area contributed by atoms with Crippen molar-refractivity contribution in [2.75, 3.05) is 6.61 Å². The van der Waals surface area contributed by atoms with Crippen LogP contribution in [0.25, 0.3) is 0 Å². The summed E-state index contributed by atoms with van der Waals surface area (Å²) in [5, 5.41) is -0.610. The van der Waals surface area contributed by atoms with Crippen LogP contribution in [-0.2, 0) is 23.9 Å². The smallest absolute Gasteiger partial charge is 0.342 e. The first-order chi connectivity index (χ1) is 17.8. The molecule has 1 aromatic rings. The number of allylic oxidation sites excluding steroid dienone is 4. The summed E-state index contributed by atoms with van der Waals surface area (Å²) in [4.78, 5) is 50.2. The molecule has 9 heteroatoms. The molecule has 1 aromatic heterocycles. The Balaban J connectivity index is 1.61. The topological polar surface area (TPSA) is 99.9 Å². The second-order valence-corrected chi connectivity index (χ2v) is 12.8. The monoisotopic (exact) mass is 562 g/mol. The second-order valence-electron chi connectivity index (χ2n) is 11.7. The van der Waals surface area contributed by atoms with Gasteiger partial charge >= 0.3 is 11.9 Å². The molecule has 0 radical (unpaired) electrons. The predicted octanol–water partition coefficient (Wildman–Crippen LogP) is 5.44. The third-order valence-corrected chi connectivity index (χ3v) is 11.5. The number of esters is 2. The Morgan fingerprint density at radius 1 is 1.21 bits per heavy atom. The van der Waals surface area contributed by atoms with E-state index in [2.05, 4.69) is 0 Å². The summed E-state index contributed by atoms with van der Waals surface area (Å²) in [6.45, 7) is 6.60. The summed E-state index contributed by atoms with van der Waals surface area (Å²) in [5.41, 5.74) is -1.96. The van der Waals surface area contributed by atoms with E-state index in [1.54, 1.807) is 12.2 Å². The fraction of sp³-hybridized carbons (Fsp3) is 0.586. The minimum Gasteiger partial charge on any atom is -0.472 e. The molecule has 7 nitrogen and oxygen atoms in total. The molecule has 8 atom stereocenters. The van der Waals surface area contributed by atoms with E-state index in [9.17, 15) is 19.2 Å². The largest absolute Gasteiger partial charge is 0.472 e. The third-order valence-electron chi connectivity index (χ3n) is 9.97. The summed E-state index contributed by atoms with van der Waals surface area (Å²) in [5.74, 6) is -2.45. The number of ketones is 2. The Morgan fingerprint density at radius 3 is 2.61 bits per heavy atom. The Morgan fingerprint density at radius 2 is 1.95 bits per heavy atom. The van der Waals surface area contributed by atoms with Crippen LogP contribution in [0.3, 0.4) is 0 Å². The van der Waals surface area contributed by atoms with Crippen LogP contribution in [0.2, 0.25) is 0 Å². The van der Waals surface area contributed by atoms with Crippen molar-refractivity contribution >= 4 is 46.7 Å². The first kappa shape index (κ1) is 27.2. The number of rotatable bonds is 5. The van der Waals surface area contributed by atoms with Gasteiger partial charge in [0.2, 0.25) is 5.78 Å². The lowest BCUT2D eigenvalue weighted by Crippen LogP contribution is -2.68. The fourth-order valence-corrected chi connectivity index (χ4v) is 9.43. The van der Waals surface area contributed by atoms with Gasteiger partial charge in [-0.05, 0) is 55.7 Å². The Labute approximate surface area is 231 Å². The van der Waals surface area contributed by atoms with E-state index in [0.29, 0.717) is 25.7 Å². The minimum absolute atomic E-state index is 0.0568. The molecule has 4 aliphatic carbocycles. The molecule has 0 spiro atoms. The molecular weight excluding hydrogens is 531 g/mol. The van der Waals surface area contributed by atoms with Gasteiger partial charge in [-0.1, -0.05) is 32.4 Å². The Bertz CT molecular complexity index is 1250. The van der Waals surface area contributed by atoms with E-state index in [-0.39, 0.29) is 23.2 Å². The first-order valence-electron chi connectivity index (χ1n) is 13.0. The van der Waals surface area contributed by atoms with E-state index in [0.717, 1.165) is 5.57 Å². The summed E-state index contributed by atoms with van der Waals surface area (Å²) in [6.07, 6.45) is 9.98. The number of halogens is 2. The number of alkyl halides is 2. The minimum atomic E-state index is -1.60. The maximum Gasteiger partial charge on any atom is 0.342 e.